The van der Waals surface area contributed by atoms with Crippen LogP contribution < -0.4 is 9.62 Å². The van der Waals surface area contributed by atoms with Gasteiger partial charge in [0.1, 0.15) is 0 Å². The van der Waals surface area contributed by atoms with E-state index in [1.54, 1.807) is 31.3 Å². The molecule has 1 amide bonds. The number of anilines is 2. The first-order valence-electron chi connectivity index (χ1n) is 6.53. The summed E-state index contributed by atoms with van der Waals surface area (Å²) in [6, 6.07) is 10.6. The zero-order valence-electron chi connectivity index (χ0n) is 12.4. The summed E-state index contributed by atoms with van der Waals surface area (Å²) < 4.78 is 27.2. The Kier molecular flexibility index (Phi) is 5.19. The second-order valence-corrected chi connectivity index (χ2v) is 7.25. The highest BCUT2D eigenvalue weighted by molar-refractivity contribution is 7.92. The number of benzene rings is 2. The molecule has 8 heteroatoms. The summed E-state index contributed by atoms with van der Waals surface area (Å²) in [5.74, 6) is -0.149. The quantitative estimate of drug-likeness (QED) is 0.887. The number of nitrogens with one attached hydrogen (secondary N) is 1. The number of hydrogen-bond acceptors (Lipinski definition) is 3. The third kappa shape index (κ3) is 3.96. The van der Waals surface area contributed by atoms with E-state index < -0.39 is 10.0 Å². The number of halogens is 2. The molecule has 0 saturated heterocycles. The maximum Gasteiger partial charge on any atom is 0.261 e. The molecule has 0 saturated carbocycles. The molecule has 0 aromatic heterocycles. The van der Waals surface area contributed by atoms with Gasteiger partial charge in [0.2, 0.25) is 5.91 Å². The molecule has 0 spiro atoms. The van der Waals surface area contributed by atoms with Crippen molar-refractivity contribution in [3.63, 3.8) is 0 Å². The molecule has 0 unspecified atom stereocenters. The molecule has 0 fully saturated rings. The fraction of sp³-hybridized carbons (Fsp3) is 0.133. The normalized spacial score (nSPS) is 11.1. The van der Waals surface area contributed by atoms with Gasteiger partial charge in [0.05, 0.1) is 20.6 Å². The Morgan fingerprint density at radius 1 is 1.09 bits per heavy atom. The van der Waals surface area contributed by atoms with Gasteiger partial charge in [-0.05, 0) is 36.4 Å². The largest absolute Gasteiger partial charge is 0.316 e. The van der Waals surface area contributed by atoms with E-state index in [-0.39, 0.29) is 26.5 Å². The molecule has 23 heavy (non-hydrogen) atoms. The molecule has 122 valence electrons. The summed E-state index contributed by atoms with van der Waals surface area (Å²) in [6.07, 6.45) is 0. The number of rotatable bonds is 4. The molecule has 5 nitrogen and oxygen atoms in total. The van der Waals surface area contributed by atoms with Crippen molar-refractivity contribution in [1.29, 1.82) is 0 Å². The van der Waals surface area contributed by atoms with Gasteiger partial charge in [0.25, 0.3) is 10.0 Å². The number of carbonyl (C=O) groups is 1. The van der Waals surface area contributed by atoms with Crippen molar-refractivity contribution < 1.29 is 13.2 Å². The van der Waals surface area contributed by atoms with Crippen molar-refractivity contribution in [3.05, 3.63) is 52.5 Å². The average molecular weight is 373 g/mol. The first-order chi connectivity index (χ1) is 10.7. The molecule has 0 radical (unpaired) electrons. The van der Waals surface area contributed by atoms with Crippen molar-refractivity contribution in [2.24, 2.45) is 0 Å². The van der Waals surface area contributed by atoms with Crippen LogP contribution in [-0.4, -0.2) is 21.4 Å². The summed E-state index contributed by atoms with van der Waals surface area (Å²) in [5, 5.41) is 0.385. The Morgan fingerprint density at radius 3 is 2.26 bits per heavy atom. The van der Waals surface area contributed by atoms with Gasteiger partial charge >= 0.3 is 0 Å². The number of sulfonamides is 1. The maximum absolute atomic E-state index is 12.4. The van der Waals surface area contributed by atoms with Gasteiger partial charge < -0.3 is 4.90 Å². The van der Waals surface area contributed by atoms with Crippen molar-refractivity contribution in [2.45, 2.75) is 11.8 Å². The third-order valence-corrected chi connectivity index (χ3v) is 5.40. The molecule has 0 aliphatic rings. The van der Waals surface area contributed by atoms with Crippen LogP contribution in [0.1, 0.15) is 6.92 Å². The van der Waals surface area contributed by atoms with E-state index in [2.05, 4.69) is 4.72 Å². The number of carbonyl (C=O) groups excluding carboxylic acids is 1. The molecular formula is C15H14Cl2N2O3S. The lowest BCUT2D eigenvalue weighted by Crippen LogP contribution is -2.22. The van der Waals surface area contributed by atoms with Gasteiger partial charge in [-0.15, -0.1) is 0 Å². The standard InChI is InChI=1S/C15H14Cl2N2O3S/c1-10(20)19(2)11-6-8-12(9-7-11)23(21,22)18-14-5-3-4-13(16)15(14)17/h3-9,18H,1-2H3. The van der Waals surface area contributed by atoms with Crippen LogP contribution in [-0.2, 0) is 14.8 Å². The van der Waals surface area contributed by atoms with Gasteiger partial charge in [-0.3, -0.25) is 9.52 Å². The summed E-state index contributed by atoms with van der Waals surface area (Å²) in [7, 11) is -2.20. The van der Waals surface area contributed by atoms with Crippen molar-refractivity contribution in [3.8, 4) is 0 Å². The monoisotopic (exact) mass is 372 g/mol. The minimum atomic E-state index is -3.81. The molecule has 0 atom stereocenters. The second-order valence-electron chi connectivity index (χ2n) is 4.78. The zero-order chi connectivity index (χ0) is 17.2. The summed E-state index contributed by atoms with van der Waals surface area (Å²) in [6.45, 7) is 1.42. The topological polar surface area (TPSA) is 66.5 Å². The lowest BCUT2D eigenvalue weighted by atomic mass is 10.3. The van der Waals surface area contributed by atoms with Crippen LogP contribution in [0.15, 0.2) is 47.4 Å². The van der Waals surface area contributed by atoms with Crippen LogP contribution in [0, 0.1) is 0 Å². The Balaban J connectivity index is 2.30. The van der Waals surface area contributed by atoms with E-state index in [9.17, 15) is 13.2 Å². The maximum atomic E-state index is 12.4. The summed E-state index contributed by atoms with van der Waals surface area (Å²) in [4.78, 5) is 12.8. The minimum absolute atomic E-state index is 0.0502. The first-order valence-corrected chi connectivity index (χ1v) is 8.77. The van der Waals surface area contributed by atoms with Crippen LogP contribution in [0.4, 0.5) is 11.4 Å². The molecule has 1 N–H and O–H groups in total. The third-order valence-electron chi connectivity index (χ3n) is 3.20. The summed E-state index contributed by atoms with van der Waals surface area (Å²) >= 11 is 11.9. The Bertz CT molecular complexity index is 836. The molecule has 2 aromatic carbocycles. The minimum Gasteiger partial charge on any atom is -0.316 e. The van der Waals surface area contributed by atoms with Crippen LogP contribution in [0.25, 0.3) is 0 Å². The van der Waals surface area contributed by atoms with Crippen LogP contribution in [0.2, 0.25) is 10.0 Å². The number of hydrogen-bond donors (Lipinski definition) is 1. The lowest BCUT2D eigenvalue weighted by molar-refractivity contribution is -0.116. The van der Waals surface area contributed by atoms with Crippen molar-refractivity contribution in [1.82, 2.24) is 0 Å². The predicted octanol–water partition coefficient (Wildman–Crippen LogP) is 3.78. The van der Waals surface area contributed by atoms with E-state index >= 15 is 0 Å². The van der Waals surface area contributed by atoms with Gasteiger partial charge in [0.15, 0.2) is 0 Å². The molecule has 0 aliphatic carbocycles. The Morgan fingerprint density at radius 2 is 1.70 bits per heavy atom. The highest BCUT2D eigenvalue weighted by Crippen LogP contribution is 2.31. The molecular weight excluding hydrogens is 359 g/mol. The van der Waals surface area contributed by atoms with E-state index in [1.165, 1.54) is 30.0 Å². The second kappa shape index (κ2) is 6.78. The first kappa shape index (κ1) is 17.6. The van der Waals surface area contributed by atoms with Crippen LogP contribution in [0.3, 0.4) is 0 Å². The van der Waals surface area contributed by atoms with Gasteiger partial charge in [-0.1, -0.05) is 29.3 Å². The fourth-order valence-corrected chi connectivity index (χ4v) is 3.29. The SMILES string of the molecule is CC(=O)N(C)c1ccc(S(=O)(=O)Nc2cccc(Cl)c2Cl)cc1. The average Bonchev–Trinajstić information content (AvgIpc) is 2.51. The van der Waals surface area contributed by atoms with Gasteiger partial charge in [0, 0.05) is 19.7 Å². The van der Waals surface area contributed by atoms with Gasteiger partial charge in [-0.2, -0.15) is 0 Å². The van der Waals surface area contributed by atoms with E-state index in [4.69, 9.17) is 23.2 Å². The molecule has 0 aliphatic heterocycles. The molecule has 0 bridgehead atoms. The summed E-state index contributed by atoms with van der Waals surface area (Å²) in [5.41, 5.74) is 0.793. The van der Waals surface area contributed by atoms with Gasteiger partial charge in [-0.25, -0.2) is 8.42 Å². The van der Waals surface area contributed by atoms with E-state index in [0.717, 1.165) is 0 Å². The Labute approximate surface area is 144 Å². The van der Waals surface area contributed by atoms with Crippen molar-refractivity contribution in [2.75, 3.05) is 16.7 Å². The van der Waals surface area contributed by atoms with E-state index in [0.29, 0.717) is 5.69 Å². The fourth-order valence-electron chi connectivity index (χ4n) is 1.82. The predicted molar refractivity (Wildman–Crippen MR) is 92.8 cm³/mol. The zero-order valence-corrected chi connectivity index (χ0v) is 14.7. The number of nitrogens with zero attached hydrogens (tertiary/aromatic N) is 1. The molecule has 2 aromatic rings. The highest BCUT2D eigenvalue weighted by Gasteiger charge is 2.17. The number of amides is 1. The Hall–Kier alpha value is -1.76. The molecule has 2 rings (SSSR count). The lowest BCUT2D eigenvalue weighted by Gasteiger charge is -2.15. The smallest absolute Gasteiger partial charge is 0.261 e. The van der Waals surface area contributed by atoms with Crippen LogP contribution >= 0.6 is 23.2 Å². The van der Waals surface area contributed by atoms with Crippen molar-refractivity contribution >= 4 is 50.5 Å². The molecule has 0 heterocycles. The highest BCUT2D eigenvalue weighted by atomic mass is 35.5. The van der Waals surface area contributed by atoms with E-state index in [1.807, 2.05) is 0 Å². The van der Waals surface area contributed by atoms with Crippen LogP contribution in [0.5, 0.6) is 0 Å².